The maximum atomic E-state index is 10.0. The van der Waals surface area contributed by atoms with Crippen molar-refractivity contribution in [3.8, 4) is 11.5 Å². The van der Waals surface area contributed by atoms with Crippen LogP contribution in [0.5, 0.6) is 11.5 Å². The summed E-state index contributed by atoms with van der Waals surface area (Å²) in [6, 6.07) is 5.43. The van der Waals surface area contributed by atoms with E-state index in [1.165, 1.54) is 6.42 Å². The summed E-state index contributed by atoms with van der Waals surface area (Å²) in [5.74, 6) is 3.09. The molecule has 2 rings (SSSR count). The van der Waals surface area contributed by atoms with Gasteiger partial charge in [-0.2, -0.15) is 11.8 Å². The second-order valence-corrected chi connectivity index (χ2v) is 7.24. The lowest BCUT2D eigenvalue weighted by atomic mass is 10.1. The van der Waals surface area contributed by atoms with Gasteiger partial charge in [0.25, 0.3) is 0 Å². The monoisotopic (exact) mass is 351 g/mol. The van der Waals surface area contributed by atoms with E-state index in [9.17, 15) is 5.11 Å². The van der Waals surface area contributed by atoms with Crippen molar-refractivity contribution in [2.45, 2.75) is 31.9 Å². The van der Waals surface area contributed by atoms with Gasteiger partial charge in [-0.1, -0.05) is 13.0 Å². The number of benzene rings is 1. The number of nitrogens with one attached hydrogen (secondary N) is 1. The minimum Gasteiger partial charge on any atom is -0.508 e. The molecule has 24 heavy (non-hydrogen) atoms. The summed E-state index contributed by atoms with van der Waals surface area (Å²) in [7, 11) is 1.60. The van der Waals surface area contributed by atoms with Crippen LogP contribution in [0.2, 0.25) is 0 Å². The molecule has 0 radical (unpaired) electrons. The van der Waals surface area contributed by atoms with Crippen LogP contribution >= 0.6 is 11.8 Å². The molecule has 0 aliphatic carbocycles. The first kappa shape index (κ1) is 18.8. The van der Waals surface area contributed by atoms with Crippen LogP contribution in [0.1, 0.15) is 25.8 Å². The van der Waals surface area contributed by atoms with Crippen LogP contribution in [0.4, 0.5) is 0 Å². The van der Waals surface area contributed by atoms with Crippen LogP contribution in [0.25, 0.3) is 0 Å². The average Bonchev–Trinajstić information content (AvgIpc) is 2.62. The van der Waals surface area contributed by atoms with Crippen molar-refractivity contribution in [3.63, 3.8) is 0 Å². The van der Waals surface area contributed by atoms with Gasteiger partial charge in [0.1, 0.15) is 11.5 Å². The molecule has 1 saturated heterocycles. The van der Waals surface area contributed by atoms with Crippen molar-refractivity contribution >= 4 is 17.7 Å². The van der Waals surface area contributed by atoms with Gasteiger partial charge in [-0.3, -0.25) is 4.99 Å². The van der Waals surface area contributed by atoms with Crippen LogP contribution in [-0.4, -0.2) is 60.3 Å². The minimum absolute atomic E-state index is 0.273. The van der Waals surface area contributed by atoms with E-state index in [4.69, 9.17) is 9.73 Å². The predicted octanol–water partition coefficient (Wildman–Crippen LogP) is 2.74. The molecule has 1 aromatic carbocycles. The van der Waals surface area contributed by atoms with E-state index in [-0.39, 0.29) is 5.75 Å². The first-order valence-electron chi connectivity index (χ1n) is 8.68. The number of aromatic hydroxyl groups is 1. The number of hydrogen-bond donors (Lipinski definition) is 2. The summed E-state index contributed by atoms with van der Waals surface area (Å²) in [6.45, 7) is 7.97. The molecule has 1 aliphatic heterocycles. The van der Waals surface area contributed by atoms with Gasteiger partial charge in [-0.25, -0.2) is 0 Å². The van der Waals surface area contributed by atoms with Gasteiger partial charge in [0, 0.05) is 43.2 Å². The summed E-state index contributed by atoms with van der Waals surface area (Å²) in [5.41, 5.74) is 0.899. The van der Waals surface area contributed by atoms with Gasteiger partial charge >= 0.3 is 0 Å². The molecule has 0 saturated carbocycles. The number of phenols is 1. The summed E-state index contributed by atoms with van der Waals surface area (Å²) in [6.07, 6.45) is 1.91. The SMILES string of the molecule is CCNC(=NCCc1ccc(OC)cc1O)N1CCSC(CC)C1. The second kappa shape index (κ2) is 9.67. The molecule has 1 aliphatic rings. The molecule has 134 valence electrons. The Balaban J connectivity index is 1.98. The van der Waals surface area contributed by atoms with Crippen molar-refractivity contribution < 1.29 is 9.84 Å². The molecule has 0 bridgehead atoms. The summed E-state index contributed by atoms with van der Waals surface area (Å²) < 4.78 is 5.12. The van der Waals surface area contributed by atoms with Crippen molar-refractivity contribution in [1.82, 2.24) is 10.2 Å². The Labute approximate surface area is 149 Å². The van der Waals surface area contributed by atoms with E-state index in [1.54, 1.807) is 13.2 Å². The van der Waals surface area contributed by atoms with Gasteiger partial charge in [-0.15, -0.1) is 0 Å². The third kappa shape index (κ3) is 5.23. The molecule has 0 spiro atoms. The highest BCUT2D eigenvalue weighted by molar-refractivity contribution is 8.00. The zero-order chi connectivity index (χ0) is 17.4. The van der Waals surface area contributed by atoms with Crippen molar-refractivity contribution in [2.75, 3.05) is 39.0 Å². The number of methoxy groups -OCH3 is 1. The van der Waals surface area contributed by atoms with E-state index in [0.29, 0.717) is 24.0 Å². The van der Waals surface area contributed by atoms with Crippen LogP contribution in [0.3, 0.4) is 0 Å². The summed E-state index contributed by atoms with van der Waals surface area (Å²) in [5, 5.41) is 14.1. The third-order valence-corrected chi connectivity index (χ3v) is 5.54. The molecule has 1 unspecified atom stereocenters. The van der Waals surface area contributed by atoms with E-state index in [0.717, 1.165) is 36.9 Å². The first-order valence-corrected chi connectivity index (χ1v) is 9.73. The molecule has 1 heterocycles. The van der Waals surface area contributed by atoms with E-state index < -0.39 is 0 Å². The molecule has 0 aromatic heterocycles. The standard InChI is InChI=1S/C18H29N3O2S/c1-4-16-13-21(10-11-24-16)18(19-5-2)20-9-8-14-6-7-15(23-3)12-17(14)22/h6-7,12,16,22H,4-5,8-11,13H2,1-3H3,(H,19,20). The zero-order valence-electron chi connectivity index (χ0n) is 14.9. The highest BCUT2D eigenvalue weighted by Crippen LogP contribution is 2.24. The Hall–Kier alpha value is -1.56. The molecular formula is C18H29N3O2S. The zero-order valence-corrected chi connectivity index (χ0v) is 15.7. The van der Waals surface area contributed by atoms with E-state index in [1.807, 2.05) is 12.1 Å². The third-order valence-electron chi connectivity index (χ3n) is 4.16. The molecule has 0 amide bonds. The molecule has 1 fully saturated rings. The Kier molecular flexibility index (Phi) is 7.56. The summed E-state index contributed by atoms with van der Waals surface area (Å²) in [4.78, 5) is 7.13. The smallest absolute Gasteiger partial charge is 0.193 e. The second-order valence-electron chi connectivity index (χ2n) is 5.83. The van der Waals surface area contributed by atoms with Gasteiger partial charge < -0.3 is 20.1 Å². The average molecular weight is 352 g/mol. The van der Waals surface area contributed by atoms with E-state index >= 15 is 0 Å². The van der Waals surface area contributed by atoms with Crippen LogP contribution < -0.4 is 10.1 Å². The topological polar surface area (TPSA) is 57.1 Å². The number of guanidine groups is 1. The largest absolute Gasteiger partial charge is 0.508 e. The number of aliphatic imine (C=N–C) groups is 1. The number of phenolic OH excluding ortho intramolecular Hbond substituents is 1. The van der Waals surface area contributed by atoms with Gasteiger partial charge in [0.2, 0.25) is 0 Å². The lowest BCUT2D eigenvalue weighted by molar-refractivity contribution is 0.405. The normalized spacial score (nSPS) is 18.5. The lowest BCUT2D eigenvalue weighted by Gasteiger charge is -2.34. The fraction of sp³-hybridized carbons (Fsp3) is 0.611. The number of thioether (sulfide) groups is 1. The van der Waals surface area contributed by atoms with Gasteiger partial charge in [-0.05, 0) is 31.4 Å². The van der Waals surface area contributed by atoms with E-state index in [2.05, 4.69) is 35.8 Å². The lowest BCUT2D eigenvalue weighted by Crippen LogP contribution is -2.48. The fourth-order valence-electron chi connectivity index (χ4n) is 2.75. The Morgan fingerprint density at radius 1 is 1.46 bits per heavy atom. The quantitative estimate of drug-likeness (QED) is 0.610. The van der Waals surface area contributed by atoms with Gasteiger partial charge in [0.05, 0.1) is 7.11 Å². The Morgan fingerprint density at radius 3 is 2.96 bits per heavy atom. The van der Waals surface area contributed by atoms with Crippen LogP contribution in [-0.2, 0) is 6.42 Å². The van der Waals surface area contributed by atoms with Gasteiger partial charge in [0.15, 0.2) is 5.96 Å². The number of rotatable bonds is 6. The Morgan fingerprint density at radius 2 is 2.29 bits per heavy atom. The minimum atomic E-state index is 0.273. The molecule has 1 aromatic rings. The molecule has 5 nitrogen and oxygen atoms in total. The molecular weight excluding hydrogens is 322 g/mol. The predicted molar refractivity (Wildman–Crippen MR) is 102 cm³/mol. The fourth-order valence-corrected chi connectivity index (χ4v) is 3.93. The maximum absolute atomic E-state index is 10.0. The highest BCUT2D eigenvalue weighted by atomic mass is 32.2. The molecule has 6 heteroatoms. The van der Waals surface area contributed by atoms with Crippen LogP contribution in [0, 0.1) is 0 Å². The first-order chi connectivity index (χ1) is 11.7. The van der Waals surface area contributed by atoms with Crippen molar-refractivity contribution in [2.24, 2.45) is 4.99 Å². The van der Waals surface area contributed by atoms with Crippen LogP contribution in [0.15, 0.2) is 23.2 Å². The molecule has 1 atom stereocenters. The van der Waals surface area contributed by atoms with Crippen molar-refractivity contribution in [3.05, 3.63) is 23.8 Å². The van der Waals surface area contributed by atoms with Crippen molar-refractivity contribution in [1.29, 1.82) is 0 Å². The summed E-state index contributed by atoms with van der Waals surface area (Å²) >= 11 is 2.06. The number of hydrogen-bond acceptors (Lipinski definition) is 4. The maximum Gasteiger partial charge on any atom is 0.193 e. The number of ether oxygens (including phenoxy) is 1. The molecule has 2 N–H and O–H groups in total. The highest BCUT2D eigenvalue weighted by Gasteiger charge is 2.21. The Bertz CT molecular complexity index is 551. The number of nitrogens with zero attached hydrogens (tertiary/aromatic N) is 2.